The first-order chi connectivity index (χ1) is 5.10. The molecule has 0 spiro atoms. The predicted molar refractivity (Wildman–Crippen MR) is 39.7 cm³/mol. The van der Waals surface area contributed by atoms with Crippen molar-refractivity contribution in [2.24, 2.45) is 11.3 Å². The highest BCUT2D eigenvalue weighted by Gasteiger charge is 2.52. The van der Waals surface area contributed by atoms with Gasteiger partial charge in [0.1, 0.15) is 11.2 Å². The molecule has 0 saturated carbocycles. The smallest absolute Gasteiger partial charge is 0.298 e. The molecule has 12 heavy (non-hydrogen) atoms. The third kappa shape index (κ3) is 1.99. The van der Waals surface area contributed by atoms with E-state index in [1.807, 2.05) is 0 Å². The van der Waals surface area contributed by atoms with Gasteiger partial charge in [-0.3, -0.25) is 4.79 Å². The molecule has 0 rings (SSSR count). The quantitative estimate of drug-likeness (QED) is 0.641. The van der Waals surface area contributed by atoms with Gasteiger partial charge in [0.05, 0.1) is 0 Å². The van der Waals surface area contributed by atoms with Crippen LogP contribution in [0.2, 0.25) is 0 Å². The fraction of sp³-hybridized carbons (Fsp3) is 0.875. The zero-order chi connectivity index (χ0) is 10.2. The highest BCUT2D eigenvalue weighted by atomic mass is 19.4. The van der Waals surface area contributed by atoms with Gasteiger partial charge >= 0.3 is 6.18 Å². The highest BCUT2D eigenvalue weighted by Crippen LogP contribution is 2.39. The molecule has 0 radical (unpaired) electrons. The van der Waals surface area contributed by atoms with Gasteiger partial charge in [-0.15, -0.1) is 0 Å². The molecule has 0 aromatic rings. The molecular formula is C8H13F3O. The number of carbonyl (C=O) groups is 1. The number of carbonyl (C=O) groups excluding carboxylic acids is 1. The molecule has 0 unspecified atom stereocenters. The Labute approximate surface area is 70.0 Å². The first-order valence-corrected chi connectivity index (χ1v) is 3.71. The lowest BCUT2D eigenvalue weighted by Crippen LogP contribution is -2.41. The van der Waals surface area contributed by atoms with Gasteiger partial charge in [-0.2, -0.15) is 13.2 Å². The van der Waals surface area contributed by atoms with E-state index < -0.39 is 23.3 Å². The summed E-state index contributed by atoms with van der Waals surface area (Å²) in [6.45, 7) is 4.76. The van der Waals surface area contributed by atoms with Gasteiger partial charge in [-0.25, -0.2) is 0 Å². The highest BCUT2D eigenvalue weighted by molar-refractivity contribution is 5.86. The summed E-state index contributed by atoms with van der Waals surface area (Å²) in [6.07, 6.45) is -4.45. The molecular weight excluding hydrogens is 169 g/mol. The molecule has 0 aliphatic carbocycles. The Morgan fingerprint density at radius 3 is 1.58 bits per heavy atom. The van der Waals surface area contributed by atoms with E-state index in [4.69, 9.17) is 0 Å². The molecule has 72 valence electrons. The molecule has 4 heteroatoms. The van der Waals surface area contributed by atoms with Crippen LogP contribution in [0.15, 0.2) is 0 Å². The molecule has 0 amide bonds. The summed E-state index contributed by atoms with van der Waals surface area (Å²) in [5.74, 6) is -1.35. The summed E-state index contributed by atoms with van der Waals surface area (Å²) < 4.78 is 36.7. The maximum absolute atomic E-state index is 12.2. The van der Waals surface area contributed by atoms with Crippen LogP contribution in [0.3, 0.4) is 0 Å². The molecule has 0 aromatic heterocycles. The van der Waals surface area contributed by atoms with Crippen molar-refractivity contribution in [2.45, 2.75) is 33.9 Å². The standard InChI is InChI=1S/C8H13F3O/c1-5(2)6(12)7(3,4)8(9,10)11/h5H,1-4H3. The van der Waals surface area contributed by atoms with Crippen LogP contribution in [-0.2, 0) is 4.79 Å². The monoisotopic (exact) mass is 182 g/mol. The molecule has 0 heterocycles. The van der Waals surface area contributed by atoms with Crippen LogP contribution in [0.5, 0.6) is 0 Å². The van der Waals surface area contributed by atoms with Gasteiger partial charge in [0.25, 0.3) is 0 Å². The normalized spacial score (nSPS) is 13.7. The largest absolute Gasteiger partial charge is 0.400 e. The van der Waals surface area contributed by atoms with Crippen molar-refractivity contribution in [3.8, 4) is 0 Å². The summed E-state index contributed by atoms with van der Waals surface area (Å²) in [5, 5.41) is 0. The molecule has 0 fully saturated rings. The lowest BCUT2D eigenvalue weighted by atomic mass is 9.82. The van der Waals surface area contributed by atoms with Crippen LogP contribution in [-0.4, -0.2) is 12.0 Å². The van der Waals surface area contributed by atoms with Crippen LogP contribution in [0.1, 0.15) is 27.7 Å². The number of rotatable bonds is 2. The van der Waals surface area contributed by atoms with Crippen LogP contribution < -0.4 is 0 Å². The number of ketones is 1. The predicted octanol–water partition coefficient (Wildman–Crippen LogP) is 2.80. The Hall–Kier alpha value is -0.540. The molecule has 0 aliphatic rings. The van der Waals surface area contributed by atoms with Gasteiger partial charge in [0, 0.05) is 5.92 Å². The second-order valence-corrected chi connectivity index (χ2v) is 3.64. The minimum Gasteiger partial charge on any atom is -0.298 e. The summed E-state index contributed by atoms with van der Waals surface area (Å²) in [4.78, 5) is 11.1. The number of hydrogen-bond acceptors (Lipinski definition) is 1. The zero-order valence-corrected chi connectivity index (χ0v) is 7.62. The van der Waals surface area contributed by atoms with Crippen molar-refractivity contribution < 1.29 is 18.0 Å². The van der Waals surface area contributed by atoms with E-state index in [1.165, 1.54) is 13.8 Å². The van der Waals surface area contributed by atoms with Gasteiger partial charge in [-0.1, -0.05) is 13.8 Å². The first kappa shape index (κ1) is 11.5. The minimum atomic E-state index is -4.45. The number of hydrogen-bond donors (Lipinski definition) is 0. The van der Waals surface area contributed by atoms with E-state index in [9.17, 15) is 18.0 Å². The fourth-order valence-corrected chi connectivity index (χ4v) is 0.861. The fourth-order valence-electron chi connectivity index (χ4n) is 0.861. The van der Waals surface area contributed by atoms with Gasteiger partial charge < -0.3 is 0 Å². The Morgan fingerprint density at radius 2 is 1.50 bits per heavy atom. The second-order valence-electron chi connectivity index (χ2n) is 3.64. The molecule has 0 saturated heterocycles. The zero-order valence-electron chi connectivity index (χ0n) is 7.62. The average molecular weight is 182 g/mol. The summed E-state index contributed by atoms with van der Waals surface area (Å²) in [5.41, 5.74) is -2.22. The topological polar surface area (TPSA) is 17.1 Å². The second kappa shape index (κ2) is 3.07. The van der Waals surface area contributed by atoms with Crippen LogP contribution in [0.4, 0.5) is 13.2 Å². The molecule has 0 aromatic carbocycles. The molecule has 0 N–H and O–H groups in total. The van der Waals surface area contributed by atoms with Crippen molar-refractivity contribution in [2.75, 3.05) is 0 Å². The SMILES string of the molecule is CC(C)C(=O)C(C)(C)C(F)(F)F. The average Bonchev–Trinajstić information content (AvgIpc) is 1.83. The molecule has 0 bridgehead atoms. The number of alkyl halides is 3. The van der Waals surface area contributed by atoms with E-state index in [2.05, 4.69) is 0 Å². The Balaban J connectivity index is 4.74. The van der Waals surface area contributed by atoms with E-state index >= 15 is 0 Å². The molecule has 0 atom stereocenters. The Morgan fingerprint density at radius 1 is 1.17 bits per heavy atom. The molecule has 0 aliphatic heterocycles. The van der Waals surface area contributed by atoms with Crippen molar-refractivity contribution >= 4 is 5.78 Å². The van der Waals surface area contributed by atoms with Gasteiger partial charge in [0.2, 0.25) is 0 Å². The lowest BCUT2D eigenvalue weighted by molar-refractivity contribution is -0.211. The lowest BCUT2D eigenvalue weighted by Gasteiger charge is -2.27. The maximum Gasteiger partial charge on any atom is 0.400 e. The third-order valence-electron chi connectivity index (χ3n) is 1.85. The molecule has 1 nitrogen and oxygen atoms in total. The summed E-state index contributed by atoms with van der Waals surface area (Å²) in [7, 11) is 0. The third-order valence-corrected chi connectivity index (χ3v) is 1.85. The van der Waals surface area contributed by atoms with Crippen LogP contribution >= 0.6 is 0 Å². The van der Waals surface area contributed by atoms with Crippen LogP contribution in [0.25, 0.3) is 0 Å². The van der Waals surface area contributed by atoms with Crippen LogP contribution in [0, 0.1) is 11.3 Å². The van der Waals surface area contributed by atoms with E-state index in [-0.39, 0.29) is 0 Å². The summed E-state index contributed by atoms with van der Waals surface area (Å²) >= 11 is 0. The number of halogens is 3. The first-order valence-electron chi connectivity index (χ1n) is 3.71. The maximum atomic E-state index is 12.2. The van der Waals surface area contributed by atoms with E-state index in [0.29, 0.717) is 0 Å². The van der Waals surface area contributed by atoms with E-state index in [1.54, 1.807) is 0 Å². The Kier molecular flexibility index (Phi) is 2.93. The van der Waals surface area contributed by atoms with Crippen molar-refractivity contribution in [1.29, 1.82) is 0 Å². The Bertz CT molecular complexity index is 179. The van der Waals surface area contributed by atoms with E-state index in [0.717, 1.165) is 13.8 Å². The summed E-state index contributed by atoms with van der Waals surface area (Å²) in [6, 6.07) is 0. The minimum absolute atomic E-state index is 0.582. The number of Topliss-reactive ketones (excluding diaryl/α,β-unsaturated/α-hetero) is 1. The van der Waals surface area contributed by atoms with Gasteiger partial charge in [0.15, 0.2) is 0 Å². The van der Waals surface area contributed by atoms with Gasteiger partial charge in [-0.05, 0) is 13.8 Å². The van der Waals surface area contributed by atoms with Crippen molar-refractivity contribution in [1.82, 2.24) is 0 Å². The van der Waals surface area contributed by atoms with Crippen molar-refractivity contribution in [3.05, 3.63) is 0 Å². The van der Waals surface area contributed by atoms with Crippen molar-refractivity contribution in [3.63, 3.8) is 0 Å².